The zero-order valence-corrected chi connectivity index (χ0v) is 12.0. The van der Waals surface area contributed by atoms with Gasteiger partial charge in [0.25, 0.3) is 0 Å². The number of nitrogens with zero attached hydrogens (tertiary/aromatic N) is 4. The Morgan fingerprint density at radius 1 is 1.43 bits per heavy atom. The number of benzene rings is 1. The monoisotopic (exact) mass is 289 g/mol. The van der Waals surface area contributed by atoms with Crippen LogP contribution in [0, 0.1) is 0 Å². The summed E-state index contributed by atoms with van der Waals surface area (Å²) in [5.41, 5.74) is 7.43. The van der Waals surface area contributed by atoms with Crippen molar-refractivity contribution in [1.82, 2.24) is 20.2 Å². The van der Waals surface area contributed by atoms with Crippen molar-refractivity contribution in [3.8, 4) is 17.1 Å². The third-order valence-electron chi connectivity index (χ3n) is 3.47. The Bertz CT molecular complexity index is 607. The van der Waals surface area contributed by atoms with E-state index >= 15 is 0 Å². The molecule has 0 spiro atoms. The Balaban J connectivity index is 1.95. The highest BCUT2D eigenvalue weighted by molar-refractivity contribution is 5.64. The number of hydrogen-bond acceptors (Lipinski definition) is 6. The molecule has 1 aliphatic heterocycles. The van der Waals surface area contributed by atoms with Gasteiger partial charge in [-0.3, -0.25) is 0 Å². The van der Waals surface area contributed by atoms with Gasteiger partial charge in [0.2, 0.25) is 0 Å². The van der Waals surface area contributed by atoms with Gasteiger partial charge >= 0.3 is 0 Å². The first kappa shape index (κ1) is 13.8. The molecule has 2 N–H and O–H groups in total. The van der Waals surface area contributed by atoms with E-state index in [-0.39, 0.29) is 6.04 Å². The maximum Gasteiger partial charge on any atom is 0.182 e. The van der Waals surface area contributed by atoms with Gasteiger partial charge in [-0.15, -0.1) is 5.10 Å². The first-order valence-electron chi connectivity index (χ1n) is 7.17. The maximum atomic E-state index is 5.94. The van der Waals surface area contributed by atoms with Crippen molar-refractivity contribution < 1.29 is 9.47 Å². The van der Waals surface area contributed by atoms with Crippen molar-refractivity contribution in [3.05, 3.63) is 18.2 Å². The van der Waals surface area contributed by atoms with Crippen LogP contribution >= 0.6 is 0 Å². The van der Waals surface area contributed by atoms with Crippen LogP contribution in [0.5, 0.6) is 5.75 Å². The summed E-state index contributed by atoms with van der Waals surface area (Å²) in [4.78, 5) is 0. The largest absolute Gasteiger partial charge is 0.494 e. The zero-order chi connectivity index (χ0) is 14.7. The molecule has 1 atom stereocenters. The van der Waals surface area contributed by atoms with E-state index in [1.807, 2.05) is 23.7 Å². The van der Waals surface area contributed by atoms with Crippen molar-refractivity contribution in [2.45, 2.75) is 25.8 Å². The van der Waals surface area contributed by atoms with Gasteiger partial charge in [0, 0.05) is 23.9 Å². The van der Waals surface area contributed by atoms with Gasteiger partial charge in [-0.25, -0.2) is 4.68 Å². The fourth-order valence-electron chi connectivity index (χ4n) is 2.55. The molecule has 0 bridgehead atoms. The van der Waals surface area contributed by atoms with Crippen LogP contribution in [0.15, 0.2) is 18.2 Å². The number of aromatic nitrogens is 4. The summed E-state index contributed by atoms with van der Waals surface area (Å²) < 4.78 is 12.9. The van der Waals surface area contributed by atoms with E-state index in [1.165, 1.54) is 0 Å². The average molecular weight is 289 g/mol. The molecule has 0 radical (unpaired) electrons. The van der Waals surface area contributed by atoms with Crippen molar-refractivity contribution in [2.24, 2.45) is 0 Å². The predicted molar refractivity (Wildman–Crippen MR) is 77.9 cm³/mol. The molecule has 7 heteroatoms. The Labute approximate surface area is 123 Å². The van der Waals surface area contributed by atoms with Gasteiger partial charge in [-0.05, 0) is 42.3 Å². The predicted octanol–water partition coefficient (Wildman–Crippen LogP) is 1.67. The summed E-state index contributed by atoms with van der Waals surface area (Å²) >= 11 is 0. The van der Waals surface area contributed by atoms with Crippen LogP contribution in [0.1, 0.15) is 25.8 Å². The number of tetrazole rings is 1. The molecule has 112 valence electrons. The Morgan fingerprint density at radius 2 is 2.33 bits per heavy atom. The van der Waals surface area contributed by atoms with Gasteiger partial charge in [-0.1, -0.05) is 0 Å². The third-order valence-corrected chi connectivity index (χ3v) is 3.47. The molecule has 0 aliphatic carbocycles. The van der Waals surface area contributed by atoms with Gasteiger partial charge < -0.3 is 15.2 Å². The van der Waals surface area contributed by atoms with Gasteiger partial charge in [-0.2, -0.15) is 0 Å². The first-order valence-corrected chi connectivity index (χ1v) is 7.17. The molecule has 0 saturated carbocycles. The fraction of sp³-hybridized carbons (Fsp3) is 0.500. The average Bonchev–Trinajstić information content (AvgIpc) is 2.97. The topological polar surface area (TPSA) is 88.1 Å². The number of ether oxygens (including phenoxy) is 2. The summed E-state index contributed by atoms with van der Waals surface area (Å²) in [7, 11) is 0. The molecular weight excluding hydrogens is 270 g/mol. The summed E-state index contributed by atoms with van der Waals surface area (Å²) in [5, 5.41) is 12.1. The van der Waals surface area contributed by atoms with Crippen molar-refractivity contribution >= 4 is 5.69 Å². The van der Waals surface area contributed by atoms with Gasteiger partial charge in [0.05, 0.1) is 19.3 Å². The van der Waals surface area contributed by atoms with E-state index in [1.54, 1.807) is 6.07 Å². The SMILES string of the molecule is CCOc1cc(N)cc(-c2nnnn2C2CCCOC2)c1. The second-order valence-corrected chi connectivity index (χ2v) is 5.04. The standard InChI is InChI=1S/C14H19N5O2/c1-2-21-13-7-10(6-11(15)8-13)14-16-17-18-19(14)12-4-3-5-20-9-12/h6-8,12H,2-5,9,15H2,1H3. The Morgan fingerprint density at radius 3 is 3.10 bits per heavy atom. The van der Waals surface area contributed by atoms with Crippen LogP contribution in [0.25, 0.3) is 11.4 Å². The Kier molecular flexibility index (Phi) is 4.01. The minimum absolute atomic E-state index is 0.167. The first-order chi connectivity index (χ1) is 10.3. The van der Waals surface area contributed by atoms with E-state index in [2.05, 4.69) is 15.5 Å². The Hall–Kier alpha value is -2.15. The second-order valence-electron chi connectivity index (χ2n) is 5.04. The highest BCUT2D eigenvalue weighted by Crippen LogP contribution is 2.29. The van der Waals surface area contributed by atoms with Crippen LogP contribution in [0.2, 0.25) is 0 Å². The lowest BCUT2D eigenvalue weighted by Crippen LogP contribution is -2.23. The molecule has 1 aromatic heterocycles. The van der Waals surface area contributed by atoms with Crippen LogP contribution in [-0.2, 0) is 4.74 Å². The zero-order valence-electron chi connectivity index (χ0n) is 12.0. The number of nitrogens with two attached hydrogens (primary N) is 1. The van der Waals surface area contributed by atoms with Crippen molar-refractivity contribution in [3.63, 3.8) is 0 Å². The smallest absolute Gasteiger partial charge is 0.182 e. The minimum Gasteiger partial charge on any atom is -0.494 e. The van der Waals surface area contributed by atoms with Crippen LogP contribution in [0.3, 0.4) is 0 Å². The van der Waals surface area contributed by atoms with Crippen LogP contribution in [-0.4, -0.2) is 40.0 Å². The van der Waals surface area contributed by atoms with E-state index in [0.29, 0.717) is 24.7 Å². The number of rotatable bonds is 4. The quantitative estimate of drug-likeness (QED) is 0.861. The lowest BCUT2D eigenvalue weighted by Gasteiger charge is -2.22. The fourth-order valence-corrected chi connectivity index (χ4v) is 2.55. The van der Waals surface area contributed by atoms with Gasteiger partial charge in [0.1, 0.15) is 5.75 Å². The molecular formula is C14H19N5O2. The molecule has 2 aromatic rings. The lowest BCUT2D eigenvalue weighted by atomic mass is 10.1. The normalized spacial score (nSPS) is 18.6. The molecule has 0 amide bonds. The highest BCUT2D eigenvalue weighted by Gasteiger charge is 2.21. The van der Waals surface area contributed by atoms with E-state index in [0.717, 1.165) is 30.8 Å². The van der Waals surface area contributed by atoms with E-state index in [4.69, 9.17) is 15.2 Å². The molecule has 21 heavy (non-hydrogen) atoms. The molecule has 1 fully saturated rings. The molecule has 1 unspecified atom stereocenters. The molecule has 1 aromatic carbocycles. The summed E-state index contributed by atoms with van der Waals surface area (Å²) in [6, 6.07) is 5.73. The van der Waals surface area contributed by atoms with Crippen LogP contribution in [0.4, 0.5) is 5.69 Å². The summed E-state index contributed by atoms with van der Waals surface area (Å²) in [6.45, 7) is 3.97. The molecule has 7 nitrogen and oxygen atoms in total. The third kappa shape index (κ3) is 2.97. The summed E-state index contributed by atoms with van der Waals surface area (Å²) in [6.07, 6.45) is 2.03. The van der Waals surface area contributed by atoms with Crippen molar-refractivity contribution in [1.29, 1.82) is 0 Å². The minimum atomic E-state index is 0.167. The van der Waals surface area contributed by atoms with E-state index in [9.17, 15) is 0 Å². The van der Waals surface area contributed by atoms with Crippen LogP contribution < -0.4 is 10.5 Å². The molecule has 1 saturated heterocycles. The second kappa shape index (κ2) is 6.09. The number of hydrogen-bond donors (Lipinski definition) is 1. The molecule has 2 heterocycles. The number of anilines is 1. The van der Waals surface area contributed by atoms with Gasteiger partial charge in [0.15, 0.2) is 5.82 Å². The van der Waals surface area contributed by atoms with Crippen molar-refractivity contribution in [2.75, 3.05) is 25.6 Å². The highest BCUT2D eigenvalue weighted by atomic mass is 16.5. The maximum absolute atomic E-state index is 5.94. The molecule has 1 aliphatic rings. The molecule has 3 rings (SSSR count). The lowest BCUT2D eigenvalue weighted by molar-refractivity contribution is 0.0548. The summed E-state index contributed by atoms with van der Waals surface area (Å²) in [5.74, 6) is 1.42. The van der Waals surface area contributed by atoms with E-state index < -0.39 is 0 Å². The number of nitrogen functional groups attached to an aromatic ring is 1.